The maximum absolute atomic E-state index is 12.0. The summed E-state index contributed by atoms with van der Waals surface area (Å²) in [5, 5.41) is 7.89. The number of nitrogens with one attached hydrogen (secondary N) is 1. The first-order chi connectivity index (χ1) is 8.08. The Morgan fingerprint density at radius 2 is 2.24 bits per heavy atom. The van der Waals surface area contributed by atoms with Gasteiger partial charge in [0.1, 0.15) is 6.04 Å². The second-order valence-corrected chi connectivity index (χ2v) is 5.12. The predicted octanol–water partition coefficient (Wildman–Crippen LogP) is 2.46. The molecule has 5 heteroatoms. The summed E-state index contributed by atoms with van der Waals surface area (Å²) in [5.41, 5.74) is 0.757. The molecule has 0 radical (unpaired) electrons. The molecular formula is C12H18ClN3O. The number of hydrogen-bond donors (Lipinski definition) is 1. The lowest BCUT2D eigenvalue weighted by molar-refractivity contribution is -0.124. The fraction of sp³-hybridized carbons (Fsp3) is 0.667. The number of aryl methyl sites for hydroxylation is 1. The molecule has 1 aromatic rings. The van der Waals surface area contributed by atoms with Crippen molar-refractivity contribution >= 4 is 17.5 Å². The zero-order valence-corrected chi connectivity index (χ0v) is 11.0. The van der Waals surface area contributed by atoms with Crippen LogP contribution in [0.25, 0.3) is 0 Å². The highest BCUT2D eigenvalue weighted by Gasteiger charge is 2.22. The molecule has 1 N–H and O–H groups in total. The summed E-state index contributed by atoms with van der Waals surface area (Å²) in [6, 6.07) is 0.0406. The Morgan fingerprint density at radius 1 is 1.59 bits per heavy atom. The van der Waals surface area contributed by atoms with Gasteiger partial charge in [0.15, 0.2) is 0 Å². The van der Waals surface area contributed by atoms with Crippen molar-refractivity contribution in [2.24, 2.45) is 0 Å². The minimum Gasteiger partial charge on any atom is -0.352 e. The van der Waals surface area contributed by atoms with Crippen LogP contribution >= 0.6 is 11.6 Å². The number of halogens is 1. The van der Waals surface area contributed by atoms with Gasteiger partial charge in [-0.1, -0.05) is 24.4 Å². The Hall–Kier alpha value is -1.03. The largest absolute Gasteiger partial charge is 0.352 e. The van der Waals surface area contributed by atoms with Crippen LogP contribution in [0, 0.1) is 6.92 Å². The van der Waals surface area contributed by atoms with E-state index in [1.807, 2.05) is 13.8 Å². The number of carbonyl (C=O) groups is 1. The first-order valence-corrected chi connectivity index (χ1v) is 6.47. The smallest absolute Gasteiger partial charge is 0.244 e. The summed E-state index contributed by atoms with van der Waals surface area (Å²) in [6.45, 7) is 3.67. The summed E-state index contributed by atoms with van der Waals surface area (Å²) >= 11 is 5.93. The highest BCUT2D eigenvalue weighted by molar-refractivity contribution is 6.31. The third kappa shape index (κ3) is 2.80. The summed E-state index contributed by atoms with van der Waals surface area (Å²) < 4.78 is 1.63. The van der Waals surface area contributed by atoms with E-state index in [1.165, 1.54) is 12.8 Å². The minimum atomic E-state index is -0.304. The molecule has 1 aliphatic carbocycles. The maximum atomic E-state index is 12.0. The monoisotopic (exact) mass is 255 g/mol. The van der Waals surface area contributed by atoms with Crippen molar-refractivity contribution in [1.29, 1.82) is 0 Å². The van der Waals surface area contributed by atoms with Crippen molar-refractivity contribution in [3.8, 4) is 0 Å². The third-order valence-corrected chi connectivity index (χ3v) is 3.71. The molecule has 0 aromatic carbocycles. The van der Waals surface area contributed by atoms with E-state index in [0.29, 0.717) is 11.1 Å². The van der Waals surface area contributed by atoms with E-state index < -0.39 is 0 Å². The molecule has 1 aliphatic rings. The van der Waals surface area contributed by atoms with Crippen LogP contribution in [0.3, 0.4) is 0 Å². The topological polar surface area (TPSA) is 46.9 Å². The molecule has 4 nitrogen and oxygen atoms in total. The quantitative estimate of drug-likeness (QED) is 0.902. The van der Waals surface area contributed by atoms with E-state index >= 15 is 0 Å². The Labute approximate surface area is 106 Å². The highest BCUT2D eigenvalue weighted by atomic mass is 35.5. The van der Waals surface area contributed by atoms with E-state index in [9.17, 15) is 4.79 Å². The molecule has 1 amide bonds. The molecule has 0 spiro atoms. The Kier molecular flexibility index (Phi) is 3.72. The van der Waals surface area contributed by atoms with Crippen LogP contribution < -0.4 is 5.32 Å². The van der Waals surface area contributed by atoms with Crippen molar-refractivity contribution in [2.75, 3.05) is 0 Å². The van der Waals surface area contributed by atoms with Gasteiger partial charge in [-0.2, -0.15) is 5.10 Å². The van der Waals surface area contributed by atoms with Gasteiger partial charge in [-0.05, 0) is 26.7 Å². The second kappa shape index (κ2) is 5.08. The highest BCUT2D eigenvalue weighted by Crippen LogP contribution is 2.19. The van der Waals surface area contributed by atoms with Gasteiger partial charge in [-0.15, -0.1) is 0 Å². The van der Waals surface area contributed by atoms with Gasteiger partial charge in [0, 0.05) is 12.2 Å². The number of nitrogens with zero attached hydrogens (tertiary/aromatic N) is 2. The maximum Gasteiger partial charge on any atom is 0.244 e. The van der Waals surface area contributed by atoms with Crippen molar-refractivity contribution < 1.29 is 4.79 Å². The average molecular weight is 256 g/mol. The zero-order valence-electron chi connectivity index (χ0n) is 10.2. The van der Waals surface area contributed by atoms with Crippen LogP contribution in [0.2, 0.25) is 5.02 Å². The van der Waals surface area contributed by atoms with Crippen LogP contribution in [0.1, 0.15) is 44.3 Å². The van der Waals surface area contributed by atoms with Crippen molar-refractivity contribution in [3.05, 3.63) is 16.9 Å². The summed E-state index contributed by atoms with van der Waals surface area (Å²) in [6.07, 6.45) is 6.32. The van der Waals surface area contributed by atoms with Gasteiger partial charge in [0.05, 0.1) is 10.7 Å². The molecule has 2 rings (SSSR count). The van der Waals surface area contributed by atoms with Gasteiger partial charge in [0.2, 0.25) is 5.91 Å². The van der Waals surface area contributed by atoms with E-state index in [2.05, 4.69) is 10.4 Å². The van der Waals surface area contributed by atoms with Crippen LogP contribution in [0.5, 0.6) is 0 Å². The van der Waals surface area contributed by atoms with Gasteiger partial charge in [0.25, 0.3) is 0 Å². The Morgan fingerprint density at radius 3 is 2.76 bits per heavy atom. The van der Waals surface area contributed by atoms with Crippen LogP contribution in [-0.2, 0) is 4.79 Å². The molecule has 1 heterocycles. The van der Waals surface area contributed by atoms with Crippen LogP contribution in [0.15, 0.2) is 6.20 Å². The molecule has 0 aliphatic heterocycles. The molecule has 1 fully saturated rings. The number of amides is 1. The van der Waals surface area contributed by atoms with Crippen molar-refractivity contribution in [2.45, 2.75) is 51.6 Å². The number of rotatable bonds is 3. The van der Waals surface area contributed by atoms with Gasteiger partial charge < -0.3 is 5.32 Å². The average Bonchev–Trinajstić information content (AvgIpc) is 2.89. The normalized spacial score (nSPS) is 18.3. The van der Waals surface area contributed by atoms with Gasteiger partial charge >= 0.3 is 0 Å². The molecule has 0 saturated heterocycles. The standard InChI is InChI=1S/C12H18ClN3O/c1-8-11(13)7-16(15-8)9(2)12(17)14-10-5-3-4-6-10/h7,9-10H,3-6H2,1-2H3,(H,14,17). The van der Waals surface area contributed by atoms with E-state index in [-0.39, 0.29) is 11.9 Å². The fourth-order valence-corrected chi connectivity index (χ4v) is 2.31. The Bertz CT molecular complexity index is 390. The minimum absolute atomic E-state index is 0.0241. The lowest BCUT2D eigenvalue weighted by Crippen LogP contribution is -2.37. The molecule has 1 atom stereocenters. The molecular weight excluding hydrogens is 238 g/mol. The fourth-order valence-electron chi connectivity index (χ4n) is 2.17. The molecule has 17 heavy (non-hydrogen) atoms. The zero-order chi connectivity index (χ0) is 12.4. The summed E-state index contributed by atoms with van der Waals surface area (Å²) in [5.74, 6) is 0.0241. The first kappa shape index (κ1) is 12.4. The molecule has 0 bridgehead atoms. The third-order valence-electron chi connectivity index (χ3n) is 3.33. The van der Waals surface area contributed by atoms with Crippen LogP contribution in [0.4, 0.5) is 0 Å². The van der Waals surface area contributed by atoms with Gasteiger partial charge in [-0.3, -0.25) is 9.48 Å². The molecule has 94 valence electrons. The van der Waals surface area contributed by atoms with E-state index in [4.69, 9.17) is 11.6 Å². The lowest BCUT2D eigenvalue weighted by Gasteiger charge is -2.16. The van der Waals surface area contributed by atoms with Gasteiger partial charge in [-0.25, -0.2) is 0 Å². The number of hydrogen-bond acceptors (Lipinski definition) is 2. The molecule has 1 saturated carbocycles. The van der Waals surface area contributed by atoms with Crippen LogP contribution in [-0.4, -0.2) is 21.7 Å². The van der Waals surface area contributed by atoms with Crippen molar-refractivity contribution in [1.82, 2.24) is 15.1 Å². The number of carbonyl (C=O) groups excluding carboxylic acids is 1. The Balaban J connectivity index is 1.98. The SMILES string of the molecule is Cc1nn(C(C)C(=O)NC2CCCC2)cc1Cl. The first-order valence-electron chi connectivity index (χ1n) is 6.09. The van der Waals surface area contributed by atoms with Crippen molar-refractivity contribution in [3.63, 3.8) is 0 Å². The summed E-state index contributed by atoms with van der Waals surface area (Å²) in [4.78, 5) is 12.0. The molecule has 1 aromatic heterocycles. The lowest BCUT2D eigenvalue weighted by atomic mass is 10.2. The van der Waals surface area contributed by atoms with E-state index in [0.717, 1.165) is 18.5 Å². The summed E-state index contributed by atoms with van der Waals surface area (Å²) in [7, 11) is 0. The van der Waals surface area contributed by atoms with E-state index in [1.54, 1.807) is 10.9 Å². The molecule has 1 unspecified atom stereocenters. The predicted molar refractivity (Wildman–Crippen MR) is 67.1 cm³/mol. The number of aromatic nitrogens is 2. The second-order valence-electron chi connectivity index (χ2n) is 4.71.